The van der Waals surface area contributed by atoms with Crippen molar-refractivity contribution in [2.75, 3.05) is 11.9 Å². The van der Waals surface area contributed by atoms with E-state index in [1.165, 1.54) is 18.3 Å². The van der Waals surface area contributed by atoms with Crippen molar-refractivity contribution in [1.82, 2.24) is 20.1 Å². The van der Waals surface area contributed by atoms with E-state index in [2.05, 4.69) is 20.7 Å². The van der Waals surface area contributed by atoms with Crippen LogP contribution in [-0.2, 0) is 11.2 Å². The molecule has 2 heterocycles. The van der Waals surface area contributed by atoms with E-state index in [4.69, 9.17) is 0 Å². The summed E-state index contributed by atoms with van der Waals surface area (Å²) in [6.45, 7) is 5.89. The number of nitrogens with one attached hydrogen (secondary N) is 2. The number of amides is 2. The number of hydrogen-bond acceptors (Lipinski definition) is 5. The second-order valence-electron chi connectivity index (χ2n) is 6.22. The lowest BCUT2D eigenvalue weighted by Crippen LogP contribution is -2.25. The number of carbonyl (C=O) groups is 2. The molecule has 2 aromatic heterocycles. The standard InChI is InChI=1S/C19H21N5O2S/c1-12-10-13(2)24(23-12)19-22-17(11-27-19)8-9-20-18(26)15-4-6-16(7-5-15)21-14(3)25/h4-7,10-11H,8-9H2,1-3H3,(H,20,26)(H,21,25). The maximum atomic E-state index is 12.2. The van der Waals surface area contributed by atoms with Gasteiger partial charge in [0.15, 0.2) is 0 Å². The monoisotopic (exact) mass is 383 g/mol. The highest BCUT2D eigenvalue weighted by Crippen LogP contribution is 2.17. The molecule has 0 radical (unpaired) electrons. The molecule has 0 spiro atoms. The number of aromatic nitrogens is 3. The van der Waals surface area contributed by atoms with E-state index in [1.807, 2.05) is 30.0 Å². The molecule has 2 amide bonds. The van der Waals surface area contributed by atoms with Crippen LogP contribution in [0.2, 0.25) is 0 Å². The van der Waals surface area contributed by atoms with Gasteiger partial charge in [0.25, 0.3) is 5.91 Å². The molecule has 0 aliphatic heterocycles. The normalized spacial score (nSPS) is 10.6. The molecule has 0 saturated carbocycles. The van der Waals surface area contributed by atoms with Gasteiger partial charge in [-0.25, -0.2) is 9.67 Å². The summed E-state index contributed by atoms with van der Waals surface area (Å²) in [6.07, 6.45) is 0.644. The zero-order chi connectivity index (χ0) is 19.4. The van der Waals surface area contributed by atoms with Gasteiger partial charge >= 0.3 is 0 Å². The average Bonchev–Trinajstić information content (AvgIpc) is 3.20. The van der Waals surface area contributed by atoms with Crippen LogP contribution in [0.4, 0.5) is 5.69 Å². The molecular formula is C19H21N5O2S. The van der Waals surface area contributed by atoms with Crippen molar-refractivity contribution in [1.29, 1.82) is 0 Å². The van der Waals surface area contributed by atoms with Crippen molar-refractivity contribution in [2.24, 2.45) is 0 Å². The van der Waals surface area contributed by atoms with Crippen LogP contribution in [0, 0.1) is 13.8 Å². The fourth-order valence-electron chi connectivity index (χ4n) is 2.65. The van der Waals surface area contributed by atoms with Crippen molar-refractivity contribution in [3.05, 3.63) is 58.4 Å². The minimum Gasteiger partial charge on any atom is -0.352 e. The highest BCUT2D eigenvalue weighted by molar-refractivity contribution is 7.12. The highest BCUT2D eigenvalue weighted by atomic mass is 32.1. The number of aryl methyl sites for hydroxylation is 2. The SMILES string of the molecule is CC(=O)Nc1ccc(C(=O)NCCc2csc(-n3nc(C)cc3C)n2)cc1. The summed E-state index contributed by atoms with van der Waals surface area (Å²) in [6, 6.07) is 8.79. The van der Waals surface area contributed by atoms with Crippen LogP contribution in [0.15, 0.2) is 35.7 Å². The van der Waals surface area contributed by atoms with Gasteiger partial charge in [-0.1, -0.05) is 0 Å². The Balaban J connectivity index is 1.53. The minimum atomic E-state index is -0.154. The first-order chi connectivity index (χ1) is 12.9. The molecule has 0 saturated heterocycles. The van der Waals surface area contributed by atoms with Gasteiger partial charge in [-0.2, -0.15) is 5.10 Å². The second-order valence-corrected chi connectivity index (χ2v) is 7.06. The third kappa shape index (κ3) is 4.79. The predicted molar refractivity (Wildman–Crippen MR) is 105 cm³/mol. The van der Waals surface area contributed by atoms with Crippen LogP contribution >= 0.6 is 11.3 Å². The Kier molecular flexibility index (Phi) is 5.66. The van der Waals surface area contributed by atoms with Gasteiger partial charge in [0.05, 0.1) is 11.4 Å². The second kappa shape index (κ2) is 8.13. The molecule has 140 valence electrons. The molecular weight excluding hydrogens is 362 g/mol. The molecule has 27 heavy (non-hydrogen) atoms. The third-order valence-corrected chi connectivity index (χ3v) is 4.73. The fraction of sp³-hybridized carbons (Fsp3) is 0.263. The number of hydrogen-bond donors (Lipinski definition) is 2. The number of nitrogens with zero attached hydrogens (tertiary/aromatic N) is 3. The zero-order valence-electron chi connectivity index (χ0n) is 15.4. The van der Waals surface area contributed by atoms with Gasteiger partial charge in [0.2, 0.25) is 11.0 Å². The van der Waals surface area contributed by atoms with Gasteiger partial charge in [-0.15, -0.1) is 11.3 Å². The molecule has 0 fully saturated rings. The smallest absolute Gasteiger partial charge is 0.251 e. The van der Waals surface area contributed by atoms with Crippen molar-refractivity contribution < 1.29 is 9.59 Å². The van der Waals surface area contributed by atoms with E-state index >= 15 is 0 Å². The Hall–Kier alpha value is -3.00. The first-order valence-electron chi connectivity index (χ1n) is 8.56. The molecule has 0 bridgehead atoms. The number of thiazole rings is 1. The Morgan fingerprint density at radius 2 is 1.93 bits per heavy atom. The maximum absolute atomic E-state index is 12.2. The molecule has 2 N–H and O–H groups in total. The number of carbonyl (C=O) groups excluding carboxylic acids is 2. The Labute approximate surface area is 161 Å². The van der Waals surface area contributed by atoms with E-state index in [9.17, 15) is 9.59 Å². The summed E-state index contributed by atoms with van der Waals surface area (Å²) in [4.78, 5) is 27.8. The van der Waals surface area contributed by atoms with Gasteiger partial charge in [0, 0.05) is 42.2 Å². The maximum Gasteiger partial charge on any atom is 0.251 e. The van der Waals surface area contributed by atoms with Gasteiger partial charge in [-0.05, 0) is 44.2 Å². The van der Waals surface area contributed by atoms with E-state index < -0.39 is 0 Å². The topological polar surface area (TPSA) is 88.9 Å². The molecule has 0 unspecified atom stereocenters. The average molecular weight is 383 g/mol. The lowest BCUT2D eigenvalue weighted by molar-refractivity contribution is -0.114. The van der Waals surface area contributed by atoms with Crippen molar-refractivity contribution in [3.8, 4) is 5.13 Å². The molecule has 1 aromatic carbocycles. The van der Waals surface area contributed by atoms with Crippen LogP contribution < -0.4 is 10.6 Å². The Morgan fingerprint density at radius 3 is 2.56 bits per heavy atom. The minimum absolute atomic E-state index is 0.143. The van der Waals surface area contributed by atoms with Crippen LogP contribution in [0.25, 0.3) is 5.13 Å². The van der Waals surface area contributed by atoms with Gasteiger partial charge < -0.3 is 10.6 Å². The van der Waals surface area contributed by atoms with Crippen LogP contribution in [0.1, 0.15) is 34.4 Å². The summed E-state index contributed by atoms with van der Waals surface area (Å²) < 4.78 is 1.83. The van der Waals surface area contributed by atoms with Crippen LogP contribution in [0.5, 0.6) is 0 Å². The molecule has 3 aromatic rings. The molecule has 0 aliphatic carbocycles. The van der Waals surface area contributed by atoms with E-state index in [1.54, 1.807) is 24.3 Å². The Bertz CT molecular complexity index is 959. The molecule has 7 nitrogen and oxygen atoms in total. The summed E-state index contributed by atoms with van der Waals surface area (Å²) in [5.41, 5.74) is 4.14. The van der Waals surface area contributed by atoms with Gasteiger partial charge in [0.1, 0.15) is 0 Å². The quantitative estimate of drug-likeness (QED) is 0.685. The van der Waals surface area contributed by atoms with Gasteiger partial charge in [-0.3, -0.25) is 9.59 Å². The van der Waals surface area contributed by atoms with E-state index in [-0.39, 0.29) is 11.8 Å². The fourth-order valence-corrected chi connectivity index (χ4v) is 3.51. The lowest BCUT2D eigenvalue weighted by atomic mass is 10.2. The zero-order valence-corrected chi connectivity index (χ0v) is 16.3. The van der Waals surface area contributed by atoms with Crippen molar-refractivity contribution in [3.63, 3.8) is 0 Å². The van der Waals surface area contributed by atoms with Crippen molar-refractivity contribution in [2.45, 2.75) is 27.2 Å². The first kappa shape index (κ1) is 18.8. The number of benzene rings is 1. The van der Waals surface area contributed by atoms with E-state index in [0.29, 0.717) is 24.2 Å². The Morgan fingerprint density at radius 1 is 1.19 bits per heavy atom. The lowest BCUT2D eigenvalue weighted by Gasteiger charge is -2.06. The predicted octanol–water partition coefficient (Wildman–Crippen LogP) is 2.88. The number of anilines is 1. The summed E-state index contributed by atoms with van der Waals surface area (Å²) in [5, 5.41) is 12.8. The number of rotatable bonds is 6. The molecule has 0 aliphatic rings. The van der Waals surface area contributed by atoms with Crippen molar-refractivity contribution >= 4 is 28.8 Å². The summed E-state index contributed by atoms with van der Waals surface area (Å²) >= 11 is 1.53. The summed E-state index contributed by atoms with van der Waals surface area (Å²) in [7, 11) is 0. The van der Waals surface area contributed by atoms with Crippen LogP contribution in [0.3, 0.4) is 0 Å². The molecule has 3 rings (SSSR count). The molecule has 8 heteroatoms. The third-order valence-electron chi connectivity index (χ3n) is 3.86. The van der Waals surface area contributed by atoms with Crippen LogP contribution in [-0.4, -0.2) is 33.1 Å². The highest BCUT2D eigenvalue weighted by Gasteiger charge is 2.10. The first-order valence-corrected chi connectivity index (χ1v) is 9.44. The molecule has 0 atom stereocenters. The largest absolute Gasteiger partial charge is 0.352 e. The summed E-state index contributed by atoms with van der Waals surface area (Å²) in [5.74, 6) is -0.298. The van der Waals surface area contributed by atoms with E-state index in [0.717, 1.165) is 22.2 Å².